The highest BCUT2D eigenvalue weighted by Crippen LogP contribution is 2.40. The van der Waals surface area contributed by atoms with Crippen LogP contribution in [-0.4, -0.2) is 17.3 Å². The summed E-state index contributed by atoms with van der Waals surface area (Å²) in [5.74, 6) is 1.70. The first-order valence-corrected chi connectivity index (χ1v) is 17.2. The molecule has 1 aromatic carbocycles. The molecule has 1 saturated carbocycles. The van der Waals surface area contributed by atoms with Crippen LogP contribution in [-0.2, 0) is 21.4 Å². The second-order valence-corrected chi connectivity index (χ2v) is 14.1. The number of hydrogen-bond acceptors (Lipinski definition) is 3. The van der Waals surface area contributed by atoms with Gasteiger partial charge in [0.1, 0.15) is 11.6 Å². The fourth-order valence-electron chi connectivity index (χ4n) is 7.90. The number of Topliss-reactive ketones (excluding diaryl/α,β-unsaturated/α-hetero) is 3. The summed E-state index contributed by atoms with van der Waals surface area (Å²) < 4.78 is 0. The van der Waals surface area contributed by atoms with Gasteiger partial charge in [0.25, 0.3) is 0 Å². The van der Waals surface area contributed by atoms with Crippen molar-refractivity contribution in [1.29, 1.82) is 0 Å². The Bertz CT molecular complexity index is 981. The molecule has 3 atom stereocenters. The zero-order valence-corrected chi connectivity index (χ0v) is 28.0. The molecule has 232 valence electrons. The van der Waals surface area contributed by atoms with E-state index in [9.17, 15) is 14.4 Å². The van der Waals surface area contributed by atoms with Crippen LogP contribution >= 0.6 is 0 Å². The molecule has 2 aliphatic rings. The van der Waals surface area contributed by atoms with Crippen LogP contribution in [0.4, 0.5) is 0 Å². The lowest BCUT2D eigenvalue weighted by Crippen LogP contribution is -2.30. The zero-order valence-electron chi connectivity index (χ0n) is 28.0. The molecule has 3 unspecified atom stereocenters. The smallest absolute Gasteiger partial charge is 0.163 e. The Morgan fingerprint density at radius 2 is 1.63 bits per heavy atom. The SMILES string of the molecule is CCC.CCCC(CC1CC(=O)c2c(ccc(C(C)(C)CCCC3CCCCC3)c2C)C1)C(CC)C(=O)CC(C)=O. The number of benzene rings is 1. The average molecular weight is 567 g/mol. The van der Waals surface area contributed by atoms with Crippen LogP contribution < -0.4 is 0 Å². The molecular weight excluding hydrogens is 504 g/mol. The molecule has 41 heavy (non-hydrogen) atoms. The van der Waals surface area contributed by atoms with E-state index in [0.717, 1.165) is 43.6 Å². The van der Waals surface area contributed by atoms with Crippen molar-refractivity contribution >= 4 is 17.3 Å². The number of rotatable bonds is 14. The van der Waals surface area contributed by atoms with Crippen LogP contribution in [0.5, 0.6) is 0 Å². The highest BCUT2D eigenvalue weighted by atomic mass is 16.1. The van der Waals surface area contributed by atoms with Crippen molar-refractivity contribution in [1.82, 2.24) is 0 Å². The number of hydrogen-bond donors (Lipinski definition) is 0. The third-order valence-corrected chi connectivity index (χ3v) is 9.82. The molecule has 0 saturated heterocycles. The van der Waals surface area contributed by atoms with E-state index in [1.807, 2.05) is 0 Å². The highest BCUT2D eigenvalue weighted by molar-refractivity contribution is 6.00. The average Bonchev–Trinajstić information content (AvgIpc) is 2.89. The number of carbonyl (C=O) groups excluding carboxylic acids is 3. The molecule has 0 spiro atoms. The van der Waals surface area contributed by atoms with Crippen molar-refractivity contribution < 1.29 is 14.4 Å². The summed E-state index contributed by atoms with van der Waals surface area (Å²) in [6.45, 7) is 16.9. The Morgan fingerprint density at radius 3 is 2.22 bits per heavy atom. The Morgan fingerprint density at radius 1 is 0.976 bits per heavy atom. The predicted molar refractivity (Wildman–Crippen MR) is 174 cm³/mol. The molecular formula is C38H62O3. The van der Waals surface area contributed by atoms with Gasteiger partial charge in [-0.15, -0.1) is 0 Å². The van der Waals surface area contributed by atoms with Gasteiger partial charge in [0.05, 0.1) is 6.42 Å². The fourth-order valence-corrected chi connectivity index (χ4v) is 7.90. The quantitative estimate of drug-likeness (QED) is 0.210. The van der Waals surface area contributed by atoms with Crippen molar-refractivity contribution in [3.05, 3.63) is 34.4 Å². The van der Waals surface area contributed by atoms with Crippen molar-refractivity contribution in [2.45, 2.75) is 164 Å². The standard InChI is InChI=1S/C35H54O3.C3H8/c1-7-13-28(30(8-2)32(37)20-24(3)36)21-27-22-29-17-18-31(25(4)34(29)33(38)23-27)35(5,6)19-12-16-26-14-10-9-11-15-26;1-3-2/h17-18,26-28,30H,7-16,19-23H2,1-6H3;3H2,1-2H3. The van der Waals surface area contributed by atoms with Crippen LogP contribution in [0.25, 0.3) is 0 Å². The van der Waals surface area contributed by atoms with Crippen molar-refractivity contribution in [2.75, 3.05) is 0 Å². The van der Waals surface area contributed by atoms with Gasteiger partial charge < -0.3 is 0 Å². The monoisotopic (exact) mass is 566 g/mol. The Hall–Kier alpha value is -1.77. The van der Waals surface area contributed by atoms with E-state index >= 15 is 0 Å². The van der Waals surface area contributed by atoms with E-state index in [-0.39, 0.29) is 46.9 Å². The molecule has 0 radical (unpaired) electrons. The minimum absolute atomic E-state index is 0.0452. The van der Waals surface area contributed by atoms with Crippen molar-refractivity contribution in [3.63, 3.8) is 0 Å². The summed E-state index contributed by atoms with van der Waals surface area (Å²) in [7, 11) is 0. The first-order valence-electron chi connectivity index (χ1n) is 17.2. The second-order valence-electron chi connectivity index (χ2n) is 14.1. The summed E-state index contributed by atoms with van der Waals surface area (Å²) in [5.41, 5.74) is 4.79. The Labute approximate surface area is 253 Å². The van der Waals surface area contributed by atoms with Gasteiger partial charge in [-0.25, -0.2) is 0 Å². The maximum atomic E-state index is 13.6. The normalized spacial score (nSPS) is 19.1. The fraction of sp³-hybridized carbons (Fsp3) is 0.763. The van der Waals surface area contributed by atoms with Gasteiger partial charge in [0.2, 0.25) is 0 Å². The lowest BCUT2D eigenvalue weighted by molar-refractivity contribution is -0.129. The lowest BCUT2D eigenvalue weighted by atomic mass is 9.70. The second kappa shape index (κ2) is 17.4. The first kappa shape index (κ1) is 35.4. The maximum absolute atomic E-state index is 13.6. The van der Waals surface area contributed by atoms with E-state index in [4.69, 9.17) is 0 Å². The topological polar surface area (TPSA) is 51.2 Å². The van der Waals surface area contributed by atoms with E-state index in [1.165, 1.54) is 81.4 Å². The lowest BCUT2D eigenvalue weighted by Gasteiger charge is -2.34. The van der Waals surface area contributed by atoms with E-state index < -0.39 is 0 Å². The molecule has 3 nitrogen and oxygen atoms in total. The molecule has 0 bridgehead atoms. The summed E-state index contributed by atoms with van der Waals surface area (Å²) in [6, 6.07) is 4.54. The van der Waals surface area contributed by atoms with Gasteiger partial charge in [-0.2, -0.15) is 0 Å². The van der Waals surface area contributed by atoms with Gasteiger partial charge in [-0.05, 0) is 79.4 Å². The van der Waals surface area contributed by atoms with Gasteiger partial charge in [0.15, 0.2) is 5.78 Å². The Balaban J connectivity index is 0.00000187. The Kier molecular flexibility index (Phi) is 15.0. The minimum atomic E-state index is -0.0751. The third-order valence-electron chi connectivity index (χ3n) is 9.82. The molecule has 3 rings (SSSR count). The van der Waals surface area contributed by atoms with Gasteiger partial charge in [0, 0.05) is 17.9 Å². The van der Waals surface area contributed by atoms with Crippen LogP contribution in [0.1, 0.15) is 172 Å². The van der Waals surface area contributed by atoms with Gasteiger partial charge in [-0.3, -0.25) is 14.4 Å². The zero-order chi connectivity index (χ0) is 30.6. The summed E-state index contributed by atoms with van der Waals surface area (Å²) in [4.78, 5) is 38.0. The predicted octanol–water partition coefficient (Wildman–Crippen LogP) is 10.6. The molecule has 3 heteroatoms. The molecule has 0 N–H and O–H groups in total. The summed E-state index contributed by atoms with van der Waals surface area (Å²) in [5, 5.41) is 0. The van der Waals surface area contributed by atoms with E-state index in [1.54, 1.807) is 0 Å². The molecule has 0 heterocycles. The van der Waals surface area contributed by atoms with Crippen LogP contribution in [0.15, 0.2) is 12.1 Å². The van der Waals surface area contributed by atoms with Crippen molar-refractivity contribution in [2.24, 2.45) is 23.7 Å². The molecule has 0 aromatic heterocycles. The number of fused-ring (bicyclic) bond motifs is 1. The highest BCUT2D eigenvalue weighted by Gasteiger charge is 2.34. The molecule has 0 aliphatic heterocycles. The van der Waals surface area contributed by atoms with Crippen LogP contribution in [0, 0.1) is 30.6 Å². The van der Waals surface area contributed by atoms with E-state index in [2.05, 4.69) is 60.6 Å². The minimum Gasteiger partial charge on any atom is -0.300 e. The first-order chi connectivity index (χ1) is 19.5. The largest absolute Gasteiger partial charge is 0.300 e. The molecule has 1 fully saturated rings. The van der Waals surface area contributed by atoms with E-state index in [0.29, 0.717) is 6.42 Å². The molecule has 2 aliphatic carbocycles. The van der Waals surface area contributed by atoms with Crippen LogP contribution in [0.2, 0.25) is 0 Å². The van der Waals surface area contributed by atoms with Gasteiger partial charge >= 0.3 is 0 Å². The van der Waals surface area contributed by atoms with Crippen molar-refractivity contribution in [3.8, 4) is 0 Å². The number of ketones is 3. The van der Waals surface area contributed by atoms with Gasteiger partial charge in [-0.1, -0.05) is 118 Å². The molecule has 0 amide bonds. The maximum Gasteiger partial charge on any atom is 0.163 e. The number of carbonyl (C=O) groups is 3. The summed E-state index contributed by atoms with van der Waals surface area (Å²) >= 11 is 0. The third kappa shape index (κ3) is 10.5. The molecule has 1 aromatic rings. The summed E-state index contributed by atoms with van der Waals surface area (Å²) in [6.07, 6.45) is 17.3. The van der Waals surface area contributed by atoms with Crippen LogP contribution in [0.3, 0.4) is 0 Å².